The van der Waals surface area contributed by atoms with Gasteiger partial charge >= 0.3 is 5.97 Å². The van der Waals surface area contributed by atoms with Crippen molar-refractivity contribution in [2.45, 2.75) is 38.5 Å². The lowest BCUT2D eigenvalue weighted by Gasteiger charge is -2.34. The highest BCUT2D eigenvalue weighted by Crippen LogP contribution is 2.41. The number of carboxylic acid groups (broad SMARTS) is 1. The second-order valence-electron chi connectivity index (χ2n) is 7.95. The van der Waals surface area contributed by atoms with E-state index in [1.807, 2.05) is 41.8 Å². The first-order chi connectivity index (χ1) is 14.1. The van der Waals surface area contributed by atoms with Crippen LogP contribution < -0.4 is 4.90 Å². The lowest BCUT2D eigenvalue weighted by molar-refractivity contribution is -0.142. The molecule has 1 aliphatic carbocycles. The Morgan fingerprint density at radius 3 is 2.66 bits per heavy atom. The molecule has 29 heavy (non-hydrogen) atoms. The Hall–Kier alpha value is -2.47. The summed E-state index contributed by atoms with van der Waals surface area (Å²) in [5.41, 5.74) is 1.85. The molecule has 1 aliphatic heterocycles. The average Bonchev–Trinajstić information content (AvgIpc) is 3.41. The maximum atomic E-state index is 13.5. The van der Waals surface area contributed by atoms with Crippen molar-refractivity contribution in [3.63, 3.8) is 0 Å². The fraction of sp³-hybridized carbons (Fsp3) is 0.435. The van der Waals surface area contributed by atoms with Crippen LogP contribution in [0.3, 0.4) is 0 Å². The van der Waals surface area contributed by atoms with Crippen LogP contribution in [0.1, 0.15) is 38.5 Å². The van der Waals surface area contributed by atoms with Gasteiger partial charge in [0.25, 0.3) is 0 Å². The number of rotatable bonds is 5. The van der Waals surface area contributed by atoms with Crippen LogP contribution in [-0.2, 0) is 9.59 Å². The minimum atomic E-state index is -0.903. The quantitative estimate of drug-likeness (QED) is 0.704. The van der Waals surface area contributed by atoms with E-state index in [0.29, 0.717) is 17.6 Å². The molecule has 2 heterocycles. The molecular formula is C23H26N2O3S. The zero-order valence-corrected chi connectivity index (χ0v) is 17.2. The number of amides is 1. The zero-order chi connectivity index (χ0) is 20.2. The molecule has 5 nitrogen and oxygen atoms in total. The van der Waals surface area contributed by atoms with Gasteiger partial charge in [0, 0.05) is 17.5 Å². The summed E-state index contributed by atoms with van der Waals surface area (Å²) in [6.07, 6.45) is 9.37. The van der Waals surface area contributed by atoms with Gasteiger partial charge < -0.3 is 5.11 Å². The second kappa shape index (κ2) is 8.91. The number of hydrogen-bond acceptors (Lipinski definition) is 4. The summed E-state index contributed by atoms with van der Waals surface area (Å²) in [6, 6.07) is 9.89. The summed E-state index contributed by atoms with van der Waals surface area (Å²) < 4.78 is 0. The monoisotopic (exact) mass is 410 g/mol. The Morgan fingerprint density at radius 2 is 1.93 bits per heavy atom. The summed E-state index contributed by atoms with van der Waals surface area (Å²) >= 11 is 1.44. The van der Waals surface area contributed by atoms with Crippen molar-refractivity contribution in [1.82, 2.24) is 4.98 Å². The van der Waals surface area contributed by atoms with E-state index in [0.717, 1.165) is 30.5 Å². The maximum Gasteiger partial charge on any atom is 0.304 e. The molecule has 2 aliphatic rings. The van der Waals surface area contributed by atoms with Crippen molar-refractivity contribution in [2.75, 3.05) is 11.4 Å². The lowest BCUT2D eigenvalue weighted by Crippen LogP contribution is -2.43. The van der Waals surface area contributed by atoms with Gasteiger partial charge in [0.05, 0.1) is 18.0 Å². The smallest absolute Gasteiger partial charge is 0.304 e. The average molecular weight is 411 g/mol. The van der Waals surface area contributed by atoms with Gasteiger partial charge in [-0.2, -0.15) is 0 Å². The summed E-state index contributed by atoms with van der Waals surface area (Å²) in [4.78, 5) is 31.5. The van der Waals surface area contributed by atoms with Gasteiger partial charge in [0.1, 0.15) is 0 Å². The number of benzene rings is 1. The Morgan fingerprint density at radius 1 is 1.17 bits per heavy atom. The predicted molar refractivity (Wildman–Crippen MR) is 115 cm³/mol. The highest BCUT2D eigenvalue weighted by atomic mass is 32.1. The maximum absolute atomic E-state index is 13.5. The number of carbonyl (C=O) groups excluding carboxylic acids is 1. The van der Waals surface area contributed by atoms with E-state index in [1.165, 1.54) is 24.2 Å². The van der Waals surface area contributed by atoms with Crippen LogP contribution in [0, 0.1) is 17.8 Å². The van der Waals surface area contributed by atoms with Gasteiger partial charge in [-0.3, -0.25) is 14.5 Å². The van der Waals surface area contributed by atoms with Crippen molar-refractivity contribution in [2.24, 2.45) is 17.8 Å². The number of aliphatic carboxylic acids is 1. The number of thiazole rings is 1. The third kappa shape index (κ3) is 4.42. The number of hydrogen-bond donors (Lipinski definition) is 1. The summed E-state index contributed by atoms with van der Waals surface area (Å²) in [5.74, 6) is -0.968. The molecule has 0 unspecified atom stereocenters. The fourth-order valence-electron chi connectivity index (χ4n) is 4.71. The van der Waals surface area contributed by atoms with Gasteiger partial charge in [-0.15, -0.1) is 11.3 Å². The van der Waals surface area contributed by atoms with Crippen LogP contribution >= 0.6 is 11.3 Å². The standard InChI is InChI=1S/C23H26N2O3S/c26-21(27)14-19-18(16-8-4-5-9-16)12-6-7-13-25(22(19)28)23-24-20(15-29-23)17-10-2-1-3-11-17/h1-3,6-7,10-11,15-16,18-19H,4-5,8-9,12-14H2,(H,26,27)/b7-6-/t18-,19+/m1/s1. The van der Waals surface area contributed by atoms with Crippen LogP contribution in [0.25, 0.3) is 11.3 Å². The van der Waals surface area contributed by atoms with Crippen LogP contribution in [0.4, 0.5) is 5.13 Å². The van der Waals surface area contributed by atoms with Gasteiger partial charge in [-0.25, -0.2) is 4.98 Å². The predicted octanol–water partition coefficient (Wildman–Crippen LogP) is 5.00. The summed E-state index contributed by atoms with van der Waals surface area (Å²) in [6.45, 7) is 0.439. The van der Waals surface area contributed by atoms with Crippen LogP contribution in [-0.4, -0.2) is 28.5 Å². The third-order valence-corrected chi connectivity index (χ3v) is 7.02. The SMILES string of the molecule is O=C(O)C[C@@H]1C(=O)N(c2nc(-c3ccccc3)cs2)C/C=C\C[C@@H]1C1CCCC1. The first kappa shape index (κ1) is 19.8. The van der Waals surface area contributed by atoms with Crippen molar-refractivity contribution in [3.8, 4) is 11.3 Å². The third-order valence-electron chi connectivity index (χ3n) is 6.16. The number of aromatic nitrogens is 1. The molecule has 1 aromatic heterocycles. The molecule has 0 saturated heterocycles. The number of carboxylic acids is 1. The van der Waals surface area contributed by atoms with Crippen molar-refractivity contribution in [3.05, 3.63) is 47.9 Å². The van der Waals surface area contributed by atoms with E-state index >= 15 is 0 Å². The molecular weight excluding hydrogens is 384 g/mol. The van der Waals surface area contributed by atoms with E-state index in [9.17, 15) is 14.7 Å². The van der Waals surface area contributed by atoms with Crippen molar-refractivity contribution in [1.29, 1.82) is 0 Å². The highest BCUT2D eigenvalue weighted by Gasteiger charge is 2.39. The minimum Gasteiger partial charge on any atom is -0.481 e. The first-order valence-electron chi connectivity index (χ1n) is 10.3. The number of nitrogens with zero attached hydrogens (tertiary/aromatic N) is 2. The van der Waals surface area contributed by atoms with Gasteiger partial charge in [-0.1, -0.05) is 68.2 Å². The molecule has 0 radical (unpaired) electrons. The van der Waals surface area contributed by atoms with E-state index in [4.69, 9.17) is 4.98 Å². The number of anilines is 1. The second-order valence-corrected chi connectivity index (χ2v) is 8.79. The highest BCUT2D eigenvalue weighted by molar-refractivity contribution is 7.14. The van der Waals surface area contributed by atoms with E-state index < -0.39 is 11.9 Å². The van der Waals surface area contributed by atoms with Crippen LogP contribution in [0.15, 0.2) is 47.9 Å². The Bertz CT molecular complexity index is 887. The fourth-order valence-corrected chi connectivity index (χ4v) is 5.55. The van der Waals surface area contributed by atoms with E-state index in [1.54, 1.807) is 4.90 Å². The minimum absolute atomic E-state index is 0.0914. The molecule has 1 fully saturated rings. The Balaban J connectivity index is 1.64. The lowest BCUT2D eigenvalue weighted by atomic mass is 9.75. The zero-order valence-electron chi connectivity index (χ0n) is 16.4. The van der Waals surface area contributed by atoms with Crippen molar-refractivity contribution < 1.29 is 14.7 Å². The van der Waals surface area contributed by atoms with Gasteiger partial charge in [0.15, 0.2) is 5.13 Å². The molecule has 4 rings (SSSR count). The molecule has 0 spiro atoms. The van der Waals surface area contributed by atoms with E-state index in [2.05, 4.69) is 6.08 Å². The largest absolute Gasteiger partial charge is 0.481 e. The molecule has 1 amide bonds. The summed E-state index contributed by atoms with van der Waals surface area (Å²) in [7, 11) is 0. The van der Waals surface area contributed by atoms with E-state index in [-0.39, 0.29) is 18.2 Å². The number of carbonyl (C=O) groups is 2. The molecule has 6 heteroatoms. The molecule has 1 aromatic carbocycles. The molecule has 2 aromatic rings. The summed E-state index contributed by atoms with van der Waals surface area (Å²) in [5, 5.41) is 12.1. The molecule has 2 atom stereocenters. The molecule has 0 bridgehead atoms. The Labute approximate surface area is 175 Å². The Kier molecular flexibility index (Phi) is 6.09. The topological polar surface area (TPSA) is 70.5 Å². The van der Waals surface area contributed by atoms with Crippen LogP contribution in [0.2, 0.25) is 0 Å². The normalized spacial score (nSPS) is 24.3. The van der Waals surface area contributed by atoms with Gasteiger partial charge in [0.2, 0.25) is 5.91 Å². The van der Waals surface area contributed by atoms with Crippen molar-refractivity contribution >= 4 is 28.3 Å². The molecule has 1 saturated carbocycles. The first-order valence-corrected chi connectivity index (χ1v) is 11.2. The van der Waals surface area contributed by atoms with Gasteiger partial charge in [-0.05, 0) is 18.3 Å². The molecule has 152 valence electrons. The van der Waals surface area contributed by atoms with Crippen LogP contribution in [0.5, 0.6) is 0 Å². The number of allylic oxidation sites excluding steroid dienone is 1. The molecule has 1 N–H and O–H groups in total.